The smallest absolute Gasteiger partial charge is 0.304 e. The van der Waals surface area contributed by atoms with Gasteiger partial charge in [-0.3, -0.25) is 14.9 Å². The fourth-order valence-corrected chi connectivity index (χ4v) is 1.88. The minimum absolute atomic E-state index is 0.122. The normalized spacial score (nSPS) is 13.9. The van der Waals surface area contributed by atoms with Crippen LogP contribution in [0.1, 0.15) is 23.2 Å². The molecule has 0 atom stereocenters. The molecular weight excluding hydrogens is 251 g/mol. The van der Waals surface area contributed by atoms with Crippen molar-refractivity contribution in [2.75, 3.05) is 6.54 Å². The van der Waals surface area contributed by atoms with Gasteiger partial charge in [0.1, 0.15) is 0 Å². The third-order valence-corrected chi connectivity index (χ3v) is 2.97. The van der Waals surface area contributed by atoms with Crippen molar-refractivity contribution < 1.29 is 14.1 Å². The van der Waals surface area contributed by atoms with Gasteiger partial charge in [-0.2, -0.15) is 4.39 Å². The quantitative estimate of drug-likeness (QED) is 0.466. The summed E-state index contributed by atoms with van der Waals surface area (Å²) >= 11 is 0. The highest BCUT2D eigenvalue weighted by Gasteiger charge is 2.32. The van der Waals surface area contributed by atoms with Crippen molar-refractivity contribution in [3.8, 4) is 0 Å². The van der Waals surface area contributed by atoms with Gasteiger partial charge in [-0.05, 0) is 25.0 Å². The fourth-order valence-electron chi connectivity index (χ4n) is 1.88. The number of amides is 1. The zero-order valence-electron chi connectivity index (χ0n) is 10.2. The Bertz CT molecular complexity index is 541. The molecule has 19 heavy (non-hydrogen) atoms. The third-order valence-electron chi connectivity index (χ3n) is 2.97. The van der Waals surface area contributed by atoms with Crippen LogP contribution in [0.2, 0.25) is 0 Å². The summed E-state index contributed by atoms with van der Waals surface area (Å²) in [6.45, 7) is 3.98. The first-order chi connectivity index (χ1) is 9.04. The predicted molar refractivity (Wildman–Crippen MR) is 67.3 cm³/mol. The Morgan fingerprint density at radius 2 is 2.26 bits per heavy atom. The largest absolute Gasteiger partial charge is 0.332 e. The van der Waals surface area contributed by atoms with Gasteiger partial charge in [-0.15, -0.1) is 6.58 Å². The monoisotopic (exact) mass is 264 g/mol. The van der Waals surface area contributed by atoms with E-state index in [1.807, 2.05) is 0 Å². The summed E-state index contributed by atoms with van der Waals surface area (Å²) in [5.74, 6) is -1.32. The van der Waals surface area contributed by atoms with E-state index in [1.54, 1.807) is 11.0 Å². The van der Waals surface area contributed by atoms with E-state index in [4.69, 9.17) is 0 Å². The molecule has 1 amide bonds. The van der Waals surface area contributed by atoms with E-state index in [1.165, 1.54) is 6.07 Å². The van der Waals surface area contributed by atoms with E-state index in [0.29, 0.717) is 6.54 Å². The average molecular weight is 264 g/mol. The summed E-state index contributed by atoms with van der Waals surface area (Å²) in [5.41, 5.74) is -0.505. The molecular formula is C13H13FN2O3. The van der Waals surface area contributed by atoms with Crippen LogP contribution in [0.5, 0.6) is 0 Å². The molecule has 1 fully saturated rings. The van der Waals surface area contributed by atoms with E-state index in [-0.39, 0.29) is 17.5 Å². The van der Waals surface area contributed by atoms with Gasteiger partial charge < -0.3 is 4.90 Å². The van der Waals surface area contributed by atoms with Crippen LogP contribution in [-0.4, -0.2) is 28.3 Å². The first-order valence-corrected chi connectivity index (χ1v) is 5.90. The molecule has 0 aromatic heterocycles. The zero-order chi connectivity index (χ0) is 14.0. The zero-order valence-corrected chi connectivity index (χ0v) is 10.2. The van der Waals surface area contributed by atoms with Crippen LogP contribution >= 0.6 is 0 Å². The number of hydrogen-bond acceptors (Lipinski definition) is 3. The third kappa shape index (κ3) is 2.78. The lowest BCUT2D eigenvalue weighted by Crippen LogP contribution is -2.33. The molecule has 0 aliphatic heterocycles. The minimum Gasteiger partial charge on any atom is -0.332 e. The minimum atomic E-state index is -0.995. The molecule has 1 aromatic rings. The Balaban J connectivity index is 2.25. The Labute approximate surface area is 109 Å². The second-order valence-corrected chi connectivity index (χ2v) is 4.40. The molecule has 6 heteroatoms. The van der Waals surface area contributed by atoms with E-state index in [9.17, 15) is 19.3 Å². The molecule has 2 rings (SSSR count). The van der Waals surface area contributed by atoms with Crippen molar-refractivity contribution in [1.82, 2.24) is 4.90 Å². The summed E-state index contributed by atoms with van der Waals surface area (Å²) in [6, 6.07) is 3.38. The van der Waals surface area contributed by atoms with Crippen molar-refractivity contribution in [3.05, 3.63) is 52.3 Å². The highest BCUT2D eigenvalue weighted by atomic mass is 19.1. The van der Waals surface area contributed by atoms with Crippen LogP contribution in [0.15, 0.2) is 30.9 Å². The number of nitro benzene ring substituents is 1. The number of benzene rings is 1. The van der Waals surface area contributed by atoms with Crippen LogP contribution in [-0.2, 0) is 0 Å². The van der Waals surface area contributed by atoms with Gasteiger partial charge in [0.2, 0.25) is 5.82 Å². The van der Waals surface area contributed by atoms with Crippen LogP contribution < -0.4 is 0 Å². The predicted octanol–water partition coefficient (Wildman–Crippen LogP) is 2.52. The lowest BCUT2D eigenvalue weighted by Gasteiger charge is -2.20. The number of nitro groups is 1. The van der Waals surface area contributed by atoms with Gasteiger partial charge in [0, 0.05) is 24.2 Å². The number of rotatable bonds is 5. The second-order valence-electron chi connectivity index (χ2n) is 4.40. The fraction of sp³-hybridized carbons (Fsp3) is 0.308. The molecule has 100 valence electrons. The first-order valence-electron chi connectivity index (χ1n) is 5.90. The van der Waals surface area contributed by atoms with Gasteiger partial charge in [-0.1, -0.05) is 6.08 Å². The maximum Gasteiger partial charge on any atom is 0.304 e. The summed E-state index contributed by atoms with van der Waals surface area (Å²) in [5, 5.41) is 10.5. The van der Waals surface area contributed by atoms with Gasteiger partial charge in [0.15, 0.2) is 0 Å². The molecule has 0 N–H and O–H groups in total. The van der Waals surface area contributed by atoms with Gasteiger partial charge >= 0.3 is 5.69 Å². The van der Waals surface area contributed by atoms with E-state index < -0.39 is 16.4 Å². The molecule has 5 nitrogen and oxygen atoms in total. The lowest BCUT2D eigenvalue weighted by atomic mass is 10.1. The molecule has 0 spiro atoms. The number of carbonyl (C=O) groups is 1. The molecule has 1 aliphatic carbocycles. The van der Waals surface area contributed by atoms with Crippen molar-refractivity contribution in [2.24, 2.45) is 0 Å². The maximum atomic E-state index is 13.5. The highest BCUT2D eigenvalue weighted by Crippen LogP contribution is 2.28. The van der Waals surface area contributed by atoms with E-state index in [2.05, 4.69) is 6.58 Å². The van der Waals surface area contributed by atoms with Crippen molar-refractivity contribution in [1.29, 1.82) is 0 Å². The molecule has 0 unspecified atom stereocenters. The van der Waals surface area contributed by atoms with Crippen molar-refractivity contribution >= 4 is 11.6 Å². The summed E-state index contributed by atoms with van der Waals surface area (Å²) in [7, 11) is 0. The van der Waals surface area contributed by atoms with Crippen LogP contribution in [0.3, 0.4) is 0 Å². The molecule has 0 heterocycles. The molecule has 1 saturated carbocycles. The molecule has 1 aliphatic rings. The van der Waals surface area contributed by atoms with Crippen molar-refractivity contribution in [3.63, 3.8) is 0 Å². The standard InChI is InChI=1S/C13H13FN2O3/c1-2-7-15(10-4-5-10)13(17)9-3-6-12(16(18)19)11(14)8-9/h2-3,6,8,10H,1,4-5,7H2. The van der Waals surface area contributed by atoms with Gasteiger partial charge in [0.25, 0.3) is 5.91 Å². The van der Waals surface area contributed by atoms with Crippen LogP contribution in [0.4, 0.5) is 10.1 Å². The number of nitrogens with zero attached hydrogens (tertiary/aromatic N) is 2. The average Bonchev–Trinajstić information content (AvgIpc) is 3.18. The number of carbonyl (C=O) groups excluding carboxylic acids is 1. The first kappa shape index (κ1) is 13.2. The Hall–Kier alpha value is -2.24. The Morgan fingerprint density at radius 1 is 1.58 bits per heavy atom. The van der Waals surface area contributed by atoms with Crippen molar-refractivity contribution in [2.45, 2.75) is 18.9 Å². The maximum absolute atomic E-state index is 13.5. The number of hydrogen-bond donors (Lipinski definition) is 0. The SMILES string of the molecule is C=CCN(C(=O)c1ccc([N+](=O)[O-])c(F)c1)C1CC1. The Kier molecular flexibility index (Phi) is 3.59. The summed E-state index contributed by atoms with van der Waals surface area (Å²) in [4.78, 5) is 23.5. The van der Waals surface area contributed by atoms with Gasteiger partial charge in [0.05, 0.1) is 4.92 Å². The molecule has 0 saturated heterocycles. The molecule has 1 aromatic carbocycles. The van der Waals surface area contributed by atoms with E-state index >= 15 is 0 Å². The summed E-state index contributed by atoms with van der Waals surface area (Å²) in [6.07, 6.45) is 3.46. The van der Waals surface area contributed by atoms with Crippen LogP contribution in [0, 0.1) is 15.9 Å². The van der Waals surface area contributed by atoms with E-state index in [0.717, 1.165) is 25.0 Å². The lowest BCUT2D eigenvalue weighted by molar-refractivity contribution is -0.387. The molecule has 0 bridgehead atoms. The Morgan fingerprint density at radius 3 is 2.74 bits per heavy atom. The second kappa shape index (κ2) is 5.17. The summed E-state index contributed by atoms with van der Waals surface area (Å²) < 4.78 is 13.5. The van der Waals surface area contributed by atoms with Crippen LogP contribution in [0.25, 0.3) is 0 Å². The topological polar surface area (TPSA) is 63.5 Å². The number of halogens is 1. The molecule has 0 radical (unpaired) electrons. The highest BCUT2D eigenvalue weighted by molar-refractivity contribution is 5.95. The van der Waals surface area contributed by atoms with Gasteiger partial charge in [-0.25, -0.2) is 0 Å².